The van der Waals surface area contributed by atoms with E-state index in [1.54, 1.807) is 28.8 Å². The summed E-state index contributed by atoms with van der Waals surface area (Å²) in [6.45, 7) is 0.159. The molecule has 1 N–H and O–H groups in total. The number of fused-ring (bicyclic) bond motifs is 2. The van der Waals surface area contributed by atoms with E-state index in [-0.39, 0.29) is 17.7 Å². The number of aryl methyl sites for hydroxylation is 1. The molecule has 0 radical (unpaired) electrons. The maximum atomic E-state index is 13.5. The molecular formula is C21H18FN3O4. The van der Waals surface area contributed by atoms with Crippen molar-refractivity contribution in [1.82, 2.24) is 14.9 Å². The monoisotopic (exact) mass is 395 g/mol. The summed E-state index contributed by atoms with van der Waals surface area (Å²) in [5, 5.41) is 2.94. The molecule has 7 nitrogen and oxygen atoms in total. The zero-order chi connectivity index (χ0) is 20.4. The van der Waals surface area contributed by atoms with Crippen molar-refractivity contribution in [3.05, 3.63) is 75.6 Å². The van der Waals surface area contributed by atoms with Crippen molar-refractivity contribution in [2.24, 2.45) is 0 Å². The second kappa shape index (κ2) is 7.83. The maximum Gasteiger partial charge on any atom is 0.338 e. The highest BCUT2D eigenvalue weighted by atomic mass is 19.1. The standard InChI is InChI=1S/C21H18FN3O4/c22-16-5-2-1-4-14(16)11-23-19(26)12-29-21(28)13-7-8-15-17(10-13)24-18-6-3-9-25(18)20(15)27/h1-2,4-5,7-8,10H,3,6,9,11-12H2,(H,23,26). The van der Waals surface area contributed by atoms with Gasteiger partial charge in [0.25, 0.3) is 11.5 Å². The van der Waals surface area contributed by atoms with Crippen molar-refractivity contribution in [3.8, 4) is 0 Å². The molecule has 0 unspecified atom stereocenters. The van der Waals surface area contributed by atoms with E-state index >= 15 is 0 Å². The normalized spacial score (nSPS) is 12.6. The van der Waals surface area contributed by atoms with Crippen LogP contribution >= 0.6 is 0 Å². The summed E-state index contributed by atoms with van der Waals surface area (Å²) in [5.74, 6) is -0.955. The number of carbonyl (C=O) groups is 2. The van der Waals surface area contributed by atoms with Gasteiger partial charge in [-0.3, -0.25) is 14.2 Å². The molecule has 8 heteroatoms. The number of hydrogen-bond donors (Lipinski definition) is 1. The number of hydrogen-bond acceptors (Lipinski definition) is 5. The first-order valence-electron chi connectivity index (χ1n) is 9.23. The average Bonchev–Trinajstić information content (AvgIpc) is 3.20. The van der Waals surface area contributed by atoms with Gasteiger partial charge in [0, 0.05) is 25.1 Å². The van der Waals surface area contributed by atoms with E-state index in [1.807, 2.05) is 0 Å². The molecule has 1 aliphatic rings. The summed E-state index contributed by atoms with van der Waals surface area (Å²) in [4.78, 5) is 41.1. The van der Waals surface area contributed by atoms with Gasteiger partial charge in [0.15, 0.2) is 6.61 Å². The van der Waals surface area contributed by atoms with Crippen LogP contribution in [0.2, 0.25) is 0 Å². The third kappa shape index (κ3) is 3.87. The molecule has 2 aromatic carbocycles. The number of ether oxygens (including phenoxy) is 1. The topological polar surface area (TPSA) is 90.3 Å². The SMILES string of the molecule is O=C(COC(=O)c1ccc2c(=O)n3c(nc2c1)CCC3)NCc1ccccc1F. The zero-order valence-electron chi connectivity index (χ0n) is 15.5. The van der Waals surface area contributed by atoms with Gasteiger partial charge in [-0.2, -0.15) is 0 Å². The smallest absolute Gasteiger partial charge is 0.338 e. The Balaban J connectivity index is 1.40. The molecule has 0 fully saturated rings. The number of nitrogens with zero attached hydrogens (tertiary/aromatic N) is 2. The summed E-state index contributed by atoms with van der Waals surface area (Å²) in [6.07, 6.45) is 1.59. The quantitative estimate of drug-likeness (QED) is 0.667. The van der Waals surface area contributed by atoms with E-state index in [2.05, 4.69) is 10.3 Å². The van der Waals surface area contributed by atoms with Crippen LogP contribution in [0.5, 0.6) is 0 Å². The second-order valence-corrected chi connectivity index (χ2v) is 6.76. The first-order valence-corrected chi connectivity index (χ1v) is 9.23. The molecule has 0 atom stereocenters. The highest BCUT2D eigenvalue weighted by Crippen LogP contribution is 2.16. The fourth-order valence-corrected chi connectivity index (χ4v) is 3.31. The molecule has 0 saturated carbocycles. The Morgan fingerprint density at radius 3 is 2.86 bits per heavy atom. The molecule has 1 amide bonds. The van der Waals surface area contributed by atoms with Gasteiger partial charge in [-0.25, -0.2) is 14.2 Å². The summed E-state index contributed by atoms with van der Waals surface area (Å²) in [6, 6.07) is 10.6. The molecule has 3 aromatic rings. The van der Waals surface area contributed by atoms with Crippen LogP contribution in [0.1, 0.15) is 28.2 Å². The minimum Gasteiger partial charge on any atom is -0.452 e. The van der Waals surface area contributed by atoms with Crippen molar-refractivity contribution in [2.75, 3.05) is 6.61 Å². The minimum atomic E-state index is -0.699. The lowest BCUT2D eigenvalue weighted by Gasteiger charge is -2.08. The van der Waals surface area contributed by atoms with Crippen molar-refractivity contribution in [1.29, 1.82) is 0 Å². The Hall–Kier alpha value is -3.55. The van der Waals surface area contributed by atoms with Crippen molar-refractivity contribution in [2.45, 2.75) is 25.9 Å². The third-order valence-corrected chi connectivity index (χ3v) is 4.82. The maximum absolute atomic E-state index is 13.5. The Morgan fingerprint density at radius 2 is 2.03 bits per heavy atom. The summed E-state index contributed by atoms with van der Waals surface area (Å²) in [7, 11) is 0. The van der Waals surface area contributed by atoms with Gasteiger partial charge in [0.2, 0.25) is 0 Å². The number of amides is 1. The van der Waals surface area contributed by atoms with E-state index in [4.69, 9.17) is 4.74 Å². The van der Waals surface area contributed by atoms with E-state index in [1.165, 1.54) is 18.2 Å². The molecule has 0 bridgehead atoms. The van der Waals surface area contributed by atoms with Crippen molar-refractivity contribution >= 4 is 22.8 Å². The van der Waals surface area contributed by atoms with Crippen LogP contribution in [0, 0.1) is 5.82 Å². The molecule has 1 aliphatic heterocycles. The van der Waals surface area contributed by atoms with Gasteiger partial charge in [-0.15, -0.1) is 0 Å². The van der Waals surface area contributed by atoms with Gasteiger partial charge in [-0.1, -0.05) is 18.2 Å². The molecule has 0 saturated heterocycles. The molecule has 0 aliphatic carbocycles. The number of esters is 1. The molecule has 4 rings (SSSR count). The van der Waals surface area contributed by atoms with Crippen LogP contribution in [0.3, 0.4) is 0 Å². The molecule has 1 aromatic heterocycles. The number of rotatable bonds is 5. The number of benzene rings is 2. The number of halogens is 1. The lowest BCUT2D eigenvalue weighted by molar-refractivity contribution is -0.124. The average molecular weight is 395 g/mol. The van der Waals surface area contributed by atoms with Crippen molar-refractivity contribution < 1.29 is 18.7 Å². The van der Waals surface area contributed by atoms with Gasteiger partial charge in [0.1, 0.15) is 11.6 Å². The lowest BCUT2D eigenvalue weighted by atomic mass is 10.1. The predicted molar refractivity (Wildman–Crippen MR) is 103 cm³/mol. The van der Waals surface area contributed by atoms with Crippen LogP contribution in [-0.2, 0) is 29.0 Å². The molecule has 148 valence electrons. The zero-order valence-corrected chi connectivity index (χ0v) is 15.5. The van der Waals surface area contributed by atoms with Gasteiger partial charge >= 0.3 is 5.97 Å². The van der Waals surface area contributed by atoms with E-state index in [9.17, 15) is 18.8 Å². The fraction of sp³-hybridized carbons (Fsp3) is 0.238. The Labute approximate surface area is 165 Å². The van der Waals surface area contributed by atoms with Gasteiger partial charge < -0.3 is 10.1 Å². The van der Waals surface area contributed by atoms with Crippen LogP contribution in [-0.4, -0.2) is 28.0 Å². The molecule has 29 heavy (non-hydrogen) atoms. The number of aromatic nitrogens is 2. The summed E-state index contributed by atoms with van der Waals surface area (Å²) >= 11 is 0. The number of nitrogens with one attached hydrogen (secondary N) is 1. The fourth-order valence-electron chi connectivity index (χ4n) is 3.31. The Kier molecular flexibility index (Phi) is 5.07. The summed E-state index contributed by atoms with van der Waals surface area (Å²) < 4.78 is 20.2. The van der Waals surface area contributed by atoms with Crippen LogP contribution < -0.4 is 10.9 Å². The predicted octanol–water partition coefficient (Wildman–Crippen LogP) is 1.95. The third-order valence-electron chi connectivity index (χ3n) is 4.82. The van der Waals surface area contributed by atoms with E-state index in [0.717, 1.165) is 12.8 Å². The Morgan fingerprint density at radius 1 is 1.21 bits per heavy atom. The molecule has 0 spiro atoms. The van der Waals surface area contributed by atoms with E-state index < -0.39 is 24.3 Å². The second-order valence-electron chi connectivity index (χ2n) is 6.76. The largest absolute Gasteiger partial charge is 0.452 e. The first kappa shape index (κ1) is 18.8. The minimum absolute atomic E-state index is 0.00198. The first-order chi connectivity index (χ1) is 14.0. The van der Waals surface area contributed by atoms with Crippen LogP contribution in [0.4, 0.5) is 4.39 Å². The van der Waals surface area contributed by atoms with Gasteiger partial charge in [-0.05, 0) is 30.7 Å². The van der Waals surface area contributed by atoms with E-state index in [0.29, 0.717) is 28.8 Å². The number of carbonyl (C=O) groups excluding carboxylic acids is 2. The lowest BCUT2D eigenvalue weighted by Crippen LogP contribution is -2.28. The molecular weight excluding hydrogens is 377 g/mol. The van der Waals surface area contributed by atoms with Gasteiger partial charge in [0.05, 0.1) is 16.5 Å². The summed E-state index contributed by atoms with van der Waals surface area (Å²) in [5.41, 5.74) is 0.859. The highest BCUT2D eigenvalue weighted by molar-refractivity contribution is 5.95. The van der Waals surface area contributed by atoms with Crippen LogP contribution in [0.25, 0.3) is 10.9 Å². The Bertz CT molecular complexity index is 1170. The molecule has 2 heterocycles. The van der Waals surface area contributed by atoms with Crippen molar-refractivity contribution in [3.63, 3.8) is 0 Å². The van der Waals surface area contributed by atoms with Crippen LogP contribution in [0.15, 0.2) is 47.3 Å². The highest BCUT2D eigenvalue weighted by Gasteiger charge is 2.18.